The van der Waals surface area contributed by atoms with Crippen LogP contribution in [0.2, 0.25) is 0 Å². The van der Waals surface area contributed by atoms with E-state index in [0.717, 1.165) is 22.9 Å². The van der Waals surface area contributed by atoms with Gasteiger partial charge in [0.25, 0.3) is 0 Å². The first-order chi connectivity index (χ1) is 8.74. The lowest BCUT2D eigenvalue weighted by Crippen LogP contribution is -1.97. The summed E-state index contributed by atoms with van der Waals surface area (Å²) in [6.45, 7) is 1.43. The summed E-state index contributed by atoms with van der Waals surface area (Å²) in [6, 6.07) is 9.56. The molecule has 0 saturated heterocycles. The Balaban J connectivity index is 0.000000492. The average molecular weight is 263 g/mol. The minimum atomic E-state index is 0.160. The van der Waals surface area contributed by atoms with Crippen LogP contribution in [0.1, 0.15) is 30.1 Å². The molecule has 0 aliphatic rings. The second-order valence-corrected chi connectivity index (χ2v) is 4.07. The number of hydrogen-bond donors (Lipinski definition) is 1. The summed E-state index contributed by atoms with van der Waals surface area (Å²) in [5, 5.41) is 8.32. The van der Waals surface area contributed by atoms with Crippen molar-refractivity contribution in [3.05, 3.63) is 36.0 Å². The number of para-hydroxylation sites is 1. The van der Waals surface area contributed by atoms with Crippen LogP contribution in [0.5, 0.6) is 0 Å². The Morgan fingerprint density at radius 1 is 1.44 bits per heavy atom. The van der Waals surface area contributed by atoms with E-state index < -0.39 is 0 Å². The topological polar surface area (TPSA) is 56.6 Å². The van der Waals surface area contributed by atoms with Crippen molar-refractivity contribution in [3.8, 4) is 6.07 Å². The Kier molecular flexibility index (Phi) is 5.96. The molecule has 2 rings (SSSR count). The molecule has 1 heterocycles. The van der Waals surface area contributed by atoms with Crippen molar-refractivity contribution >= 4 is 28.3 Å². The predicted octanol–water partition coefficient (Wildman–Crippen LogP) is 3.90. The first-order valence-electron chi connectivity index (χ1n) is 5.70. The third kappa shape index (κ3) is 3.61. The van der Waals surface area contributed by atoms with E-state index in [-0.39, 0.29) is 5.78 Å². The maximum Gasteiger partial charge on any atom is 0.165 e. The number of aromatic amines is 1. The van der Waals surface area contributed by atoms with Gasteiger partial charge in [-0.3, -0.25) is 4.79 Å². The first-order valence-corrected chi connectivity index (χ1v) is 6.24. The summed E-state index contributed by atoms with van der Waals surface area (Å²) in [5.74, 6) is 0.696. The summed E-state index contributed by atoms with van der Waals surface area (Å²) in [6.07, 6.45) is 3.03. The zero-order valence-electron chi connectivity index (χ0n) is 10.2. The largest absolute Gasteiger partial charge is 0.360 e. The highest BCUT2D eigenvalue weighted by Crippen LogP contribution is 2.19. The van der Waals surface area contributed by atoms with Crippen molar-refractivity contribution in [1.82, 2.24) is 4.98 Å². The van der Waals surface area contributed by atoms with Gasteiger partial charge in [-0.2, -0.15) is 5.26 Å². The molecular formula is C14H15ClN2O. The Morgan fingerprint density at radius 3 is 2.78 bits per heavy atom. The molecule has 0 atom stereocenters. The minimum Gasteiger partial charge on any atom is -0.360 e. The van der Waals surface area contributed by atoms with Crippen molar-refractivity contribution in [3.63, 3.8) is 0 Å². The lowest BCUT2D eigenvalue weighted by atomic mass is 10.1. The number of nitriles is 1. The zero-order chi connectivity index (χ0) is 13.4. The number of nitrogens with one attached hydrogen (secondary N) is 1. The molecule has 4 heteroatoms. The smallest absolute Gasteiger partial charge is 0.165 e. The van der Waals surface area contributed by atoms with Gasteiger partial charge in [-0.25, -0.2) is 0 Å². The van der Waals surface area contributed by atoms with E-state index in [1.54, 1.807) is 12.3 Å². The molecule has 0 unspecified atom stereocenters. The Hall–Kier alpha value is -1.79. The fourth-order valence-corrected chi connectivity index (χ4v) is 1.80. The van der Waals surface area contributed by atoms with Crippen molar-refractivity contribution in [2.75, 3.05) is 5.88 Å². The van der Waals surface area contributed by atoms with E-state index in [2.05, 4.69) is 4.98 Å². The molecule has 0 aliphatic heterocycles. The number of benzene rings is 1. The predicted molar refractivity (Wildman–Crippen MR) is 73.9 cm³/mol. The van der Waals surface area contributed by atoms with Crippen molar-refractivity contribution in [2.24, 2.45) is 0 Å². The van der Waals surface area contributed by atoms with E-state index >= 15 is 0 Å². The van der Waals surface area contributed by atoms with Crippen molar-refractivity contribution < 1.29 is 4.79 Å². The SMILES string of the molecule is CC#N.O=C(CCCCl)c1c[nH]c2ccccc12. The molecule has 0 bridgehead atoms. The Labute approximate surface area is 111 Å². The van der Waals surface area contributed by atoms with Gasteiger partial charge in [0.2, 0.25) is 0 Å². The summed E-state index contributed by atoms with van der Waals surface area (Å²) in [5.41, 5.74) is 1.78. The van der Waals surface area contributed by atoms with Gasteiger partial charge < -0.3 is 4.98 Å². The van der Waals surface area contributed by atoms with E-state index in [1.165, 1.54) is 6.92 Å². The standard InChI is InChI=1S/C12H12ClNO.C2H3N/c13-7-3-6-12(15)10-8-14-11-5-2-1-4-9(10)11;1-2-3/h1-2,4-5,8,14H,3,6-7H2;1H3. The van der Waals surface area contributed by atoms with Gasteiger partial charge in [-0.05, 0) is 12.5 Å². The number of halogens is 1. The summed E-state index contributed by atoms with van der Waals surface area (Å²) < 4.78 is 0. The monoisotopic (exact) mass is 262 g/mol. The Bertz CT molecular complexity index is 554. The first kappa shape index (κ1) is 14.3. The van der Waals surface area contributed by atoms with Crippen LogP contribution in [0.3, 0.4) is 0 Å². The summed E-state index contributed by atoms with van der Waals surface area (Å²) >= 11 is 5.57. The highest BCUT2D eigenvalue weighted by Gasteiger charge is 2.10. The molecule has 94 valence electrons. The molecule has 18 heavy (non-hydrogen) atoms. The summed E-state index contributed by atoms with van der Waals surface area (Å²) in [7, 11) is 0. The molecule has 3 nitrogen and oxygen atoms in total. The molecule has 0 spiro atoms. The summed E-state index contributed by atoms with van der Waals surface area (Å²) in [4.78, 5) is 14.9. The van der Waals surface area contributed by atoms with E-state index in [4.69, 9.17) is 16.9 Å². The van der Waals surface area contributed by atoms with Crippen LogP contribution in [0.25, 0.3) is 10.9 Å². The van der Waals surface area contributed by atoms with Crippen molar-refractivity contribution in [1.29, 1.82) is 5.26 Å². The zero-order valence-corrected chi connectivity index (χ0v) is 11.0. The number of carbonyl (C=O) groups excluding carboxylic acids is 1. The minimum absolute atomic E-state index is 0.160. The molecule has 0 aliphatic carbocycles. The van der Waals surface area contributed by atoms with Gasteiger partial charge in [0.15, 0.2) is 5.78 Å². The number of nitrogens with zero attached hydrogens (tertiary/aromatic N) is 1. The Morgan fingerprint density at radius 2 is 2.11 bits per heavy atom. The maximum atomic E-state index is 11.8. The second kappa shape index (κ2) is 7.52. The van der Waals surface area contributed by atoms with Gasteiger partial charge >= 0.3 is 0 Å². The normalized spacial score (nSPS) is 9.39. The number of hydrogen-bond acceptors (Lipinski definition) is 2. The number of fused-ring (bicyclic) bond motifs is 1. The van der Waals surface area contributed by atoms with Crippen LogP contribution in [-0.2, 0) is 0 Å². The number of H-pyrrole nitrogens is 1. The van der Waals surface area contributed by atoms with Gasteiger partial charge in [0.05, 0.1) is 6.07 Å². The fourth-order valence-electron chi connectivity index (χ4n) is 1.66. The fraction of sp³-hybridized carbons (Fsp3) is 0.286. The van der Waals surface area contributed by atoms with Gasteiger partial charge in [0, 0.05) is 41.9 Å². The molecule has 1 aromatic carbocycles. The number of Topliss-reactive ketones (excluding diaryl/α,β-unsaturated/α-hetero) is 1. The number of carbonyl (C=O) groups is 1. The lowest BCUT2D eigenvalue weighted by Gasteiger charge is -1.96. The lowest BCUT2D eigenvalue weighted by molar-refractivity contribution is 0.0983. The average Bonchev–Trinajstić information content (AvgIpc) is 2.81. The number of alkyl halides is 1. The molecular weight excluding hydrogens is 248 g/mol. The molecule has 1 N–H and O–H groups in total. The maximum absolute atomic E-state index is 11.8. The van der Waals surface area contributed by atoms with Gasteiger partial charge in [-0.1, -0.05) is 18.2 Å². The highest BCUT2D eigenvalue weighted by atomic mass is 35.5. The third-order valence-corrected chi connectivity index (χ3v) is 2.69. The van der Waals surface area contributed by atoms with Crippen LogP contribution < -0.4 is 0 Å². The quantitative estimate of drug-likeness (QED) is 0.671. The van der Waals surface area contributed by atoms with Crippen LogP contribution in [0.4, 0.5) is 0 Å². The number of rotatable bonds is 4. The molecule has 0 fully saturated rings. The number of aromatic nitrogens is 1. The van der Waals surface area contributed by atoms with E-state index in [0.29, 0.717) is 12.3 Å². The van der Waals surface area contributed by atoms with Crippen LogP contribution >= 0.6 is 11.6 Å². The molecule has 2 aromatic rings. The molecule has 0 saturated carbocycles. The number of ketones is 1. The van der Waals surface area contributed by atoms with Crippen LogP contribution in [-0.4, -0.2) is 16.6 Å². The highest BCUT2D eigenvalue weighted by molar-refractivity contribution is 6.18. The van der Waals surface area contributed by atoms with Crippen LogP contribution in [0, 0.1) is 11.3 Å². The van der Waals surface area contributed by atoms with E-state index in [9.17, 15) is 4.79 Å². The third-order valence-electron chi connectivity index (χ3n) is 2.43. The van der Waals surface area contributed by atoms with Gasteiger partial charge in [0.1, 0.15) is 0 Å². The molecule has 0 amide bonds. The van der Waals surface area contributed by atoms with E-state index in [1.807, 2.05) is 24.3 Å². The van der Waals surface area contributed by atoms with Crippen LogP contribution in [0.15, 0.2) is 30.5 Å². The second-order valence-electron chi connectivity index (χ2n) is 3.69. The van der Waals surface area contributed by atoms with Crippen molar-refractivity contribution in [2.45, 2.75) is 19.8 Å². The van der Waals surface area contributed by atoms with Gasteiger partial charge in [-0.15, -0.1) is 11.6 Å². The molecule has 0 radical (unpaired) electrons. The molecule has 1 aromatic heterocycles.